The second kappa shape index (κ2) is 4.62. The molecule has 0 saturated heterocycles. The SMILES string of the molecule is C=Cc1cccc2cc(C(C)C)c(OC)cc12. The Bertz CT molecular complexity index is 553. The Morgan fingerprint density at radius 2 is 2.00 bits per heavy atom. The van der Waals surface area contributed by atoms with Crippen LogP contribution in [0.3, 0.4) is 0 Å². The Kier molecular flexibility index (Phi) is 3.19. The molecular formula is C16H18O. The number of hydrogen-bond acceptors (Lipinski definition) is 1. The second-order valence-corrected chi connectivity index (χ2v) is 4.52. The molecule has 0 bridgehead atoms. The fraction of sp³-hybridized carbons (Fsp3) is 0.250. The summed E-state index contributed by atoms with van der Waals surface area (Å²) in [5.74, 6) is 1.42. The molecule has 0 aromatic heterocycles. The minimum Gasteiger partial charge on any atom is -0.496 e. The normalized spacial score (nSPS) is 10.8. The zero-order valence-corrected chi connectivity index (χ0v) is 10.7. The summed E-state index contributed by atoms with van der Waals surface area (Å²) in [6, 6.07) is 10.6. The highest BCUT2D eigenvalue weighted by Gasteiger charge is 2.10. The third-order valence-corrected chi connectivity index (χ3v) is 3.11. The molecule has 2 rings (SSSR count). The Hall–Kier alpha value is -1.76. The van der Waals surface area contributed by atoms with Crippen LogP contribution in [0.5, 0.6) is 5.75 Å². The second-order valence-electron chi connectivity index (χ2n) is 4.52. The lowest BCUT2D eigenvalue weighted by Gasteiger charge is -2.14. The summed E-state index contributed by atoms with van der Waals surface area (Å²) >= 11 is 0. The molecule has 0 aliphatic heterocycles. The Balaban J connectivity index is 2.77. The Morgan fingerprint density at radius 1 is 1.24 bits per heavy atom. The summed E-state index contributed by atoms with van der Waals surface area (Å²) < 4.78 is 5.48. The molecule has 0 aliphatic rings. The van der Waals surface area contributed by atoms with Gasteiger partial charge in [0.15, 0.2) is 0 Å². The first-order valence-corrected chi connectivity index (χ1v) is 5.90. The molecule has 0 spiro atoms. The van der Waals surface area contributed by atoms with Gasteiger partial charge in [0, 0.05) is 0 Å². The van der Waals surface area contributed by atoms with Crippen molar-refractivity contribution >= 4 is 16.8 Å². The van der Waals surface area contributed by atoms with Crippen LogP contribution in [0.15, 0.2) is 36.9 Å². The van der Waals surface area contributed by atoms with Crippen LogP contribution in [0.4, 0.5) is 0 Å². The predicted molar refractivity (Wildman–Crippen MR) is 74.7 cm³/mol. The maximum Gasteiger partial charge on any atom is 0.122 e. The van der Waals surface area contributed by atoms with Gasteiger partial charge in [0.05, 0.1) is 7.11 Å². The number of benzene rings is 2. The monoisotopic (exact) mass is 226 g/mol. The molecule has 1 heteroatoms. The molecule has 2 aromatic carbocycles. The minimum absolute atomic E-state index is 0.460. The van der Waals surface area contributed by atoms with Crippen molar-refractivity contribution in [1.82, 2.24) is 0 Å². The summed E-state index contributed by atoms with van der Waals surface area (Å²) in [6.45, 7) is 8.22. The fourth-order valence-corrected chi connectivity index (χ4v) is 2.15. The Labute approximate surface area is 103 Å². The maximum absolute atomic E-state index is 5.48. The smallest absolute Gasteiger partial charge is 0.122 e. The fourth-order valence-electron chi connectivity index (χ4n) is 2.15. The lowest BCUT2D eigenvalue weighted by molar-refractivity contribution is 0.408. The van der Waals surface area contributed by atoms with Crippen LogP contribution in [-0.2, 0) is 0 Å². The van der Waals surface area contributed by atoms with E-state index in [9.17, 15) is 0 Å². The van der Waals surface area contributed by atoms with Gasteiger partial charge >= 0.3 is 0 Å². The molecule has 0 saturated carbocycles. The van der Waals surface area contributed by atoms with Gasteiger partial charge in [0.25, 0.3) is 0 Å². The molecule has 0 unspecified atom stereocenters. The van der Waals surface area contributed by atoms with Crippen molar-refractivity contribution in [2.24, 2.45) is 0 Å². The molecule has 0 atom stereocenters. The standard InChI is InChI=1S/C16H18O/c1-5-12-7-6-8-13-9-14(11(2)3)16(17-4)10-15(12)13/h5-11H,1H2,2-4H3. The molecule has 0 amide bonds. The lowest BCUT2D eigenvalue weighted by atomic mass is 9.96. The Morgan fingerprint density at radius 3 is 2.59 bits per heavy atom. The van der Waals surface area contributed by atoms with Crippen molar-refractivity contribution in [3.8, 4) is 5.75 Å². The molecule has 0 aliphatic carbocycles. The highest BCUT2D eigenvalue weighted by Crippen LogP contribution is 2.32. The molecular weight excluding hydrogens is 208 g/mol. The van der Waals surface area contributed by atoms with E-state index in [0.717, 1.165) is 11.3 Å². The summed E-state index contributed by atoms with van der Waals surface area (Å²) in [5, 5.41) is 2.44. The molecule has 17 heavy (non-hydrogen) atoms. The van der Waals surface area contributed by atoms with Crippen molar-refractivity contribution in [3.05, 3.63) is 48.0 Å². The van der Waals surface area contributed by atoms with E-state index in [1.54, 1.807) is 7.11 Å². The van der Waals surface area contributed by atoms with E-state index in [4.69, 9.17) is 4.74 Å². The van der Waals surface area contributed by atoms with Crippen molar-refractivity contribution in [1.29, 1.82) is 0 Å². The number of hydrogen-bond donors (Lipinski definition) is 0. The number of rotatable bonds is 3. The van der Waals surface area contributed by atoms with Crippen LogP contribution >= 0.6 is 0 Å². The number of ether oxygens (including phenoxy) is 1. The molecule has 0 heterocycles. The zero-order valence-electron chi connectivity index (χ0n) is 10.7. The van der Waals surface area contributed by atoms with E-state index in [1.165, 1.54) is 16.3 Å². The maximum atomic E-state index is 5.48. The first-order chi connectivity index (χ1) is 8.17. The minimum atomic E-state index is 0.460. The van der Waals surface area contributed by atoms with Crippen LogP contribution in [0.2, 0.25) is 0 Å². The molecule has 88 valence electrons. The van der Waals surface area contributed by atoms with Crippen molar-refractivity contribution in [2.45, 2.75) is 19.8 Å². The number of methoxy groups -OCH3 is 1. The van der Waals surface area contributed by atoms with E-state index < -0.39 is 0 Å². The lowest BCUT2D eigenvalue weighted by Crippen LogP contribution is -1.95. The van der Waals surface area contributed by atoms with Gasteiger partial charge in [-0.3, -0.25) is 0 Å². The first-order valence-electron chi connectivity index (χ1n) is 5.90. The van der Waals surface area contributed by atoms with Crippen molar-refractivity contribution in [2.75, 3.05) is 7.11 Å². The van der Waals surface area contributed by atoms with Crippen LogP contribution in [0, 0.1) is 0 Å². The van der Waals surface area contributed by atoms with E-state index in [0.29, 0.717) is 5.92 Å². The average Bonchev–Trinajstić information content (AvgIpc) is 2.36. The van der Waals surface area contributed by atoms with Gasteiger partial charge < -0.3 is 4.74 Å². The van der Waals surface area contributed by atoms with Crippen LogP contribution < -0.4 is 4.74 Å². The van der Waals surface area contributed by atoms with Gasteiger partial charge in [0.1, 0.15) is 5.75 Å². The van der Waals surface area contributed by atoms with Crippen molar-refractivity contribution < 1.29 is 4.74 Å². The highest BCUT2D eigenvalue weighted by molar-refractivity contribution is 5.92. The van der Waals surface area contributed by atoms with Gasteiger partial charge in [-0.1, -0.05) is 44.7 Å². The van der Waals surface area contributed by atoms with Gasteiger partial charge in [0.2, 0.25) is 0 Å². The van der Waals surface area contributed by atoms with Gasteiger partial charge in [-0.05, 0) is 39.9 Å². The summed E-state index contributed by atoms with van der Waals surface area (Å²) in [4.78, 5) is 0. The molecule has 0 fully saturated rings. The summed E-state index contributed by atoms with van der Waals surface area (Å²) in [6.07, 6.45) is 1.89. The van der Waals surface area contributed by atoms with E-state index in [1.807, 2.05) is 6.08 Å². The molecule has 0 N–H and O–H groups in total. The van der Waals surface area contributed by atoms with Crippen LogP contribution in [-0.4, -0.2) is 7.11 Å². The topological polar surface area (TPSA) is 9.23 Å². The van der Waals surface area contributed by atoms with Crippen LogP contribution in [0.1, 0.15) is 30.9 Å². The van der Waals surface area contributed by atoms with Gasteiger partial charge in [-0.2, -0.15) is 0 Å². The quantitative estimate of drug-likeness (QED) is 0.742. The van der Waals surface area contributed by atoms with E-state index >= 15 is 0 Å². The molecule has 0 radical (unpaired) electrons. The molecule has 1 nitrogen and oxygen atoms in total. The van der Waals surface area contributed by atoms with E-state index in [-0.39, 0.29) is 0 Å². The highest BCUT2D eigenvalue weighted by atomic mass is 16.5. The van der Waals surface area contributed by atoms with Gasteiger partial charge in [-0.25, -0.2) is 0 Å². The number of fused-ring (bicyclic) bond motifs is 1. The summed E-state index contributed by atoms with van der Waals surface area (Å²) in [5.41, 5.74) is 2.40. The van der Waals surface area contributed by atoms with E-state index in [2.05, 4.69) is 50.8 Å². The van der Waals surface area contributed by atoms with Crippen molar-refractivity contribution in [3.63, 3.8) is 0 Å². The molecule has 2 aromatic rings. The van der Waals surface area contributed by atoms with Gasteiger partial charge in [-0.15, -0.1) is 0 Å². The first kappa shape index (κ1) is 11.7. The summed E-state index contributed by atoms with van der Waals surface area (Å²) in [7, 11) is 1.73. The largest absolute Gasteiger partial charge is 0.496 e. The average molecular weight is 226 g/mol. The van der Waals surface area contributed by atoms with Crippen LogP contribution in [0.25, 0.3) is 16.8 Å². The third-order valence-electron chi connectivity index (χ3n) is 3.11. The zero-order chi connectivity index (χ0) is 12.4. The predicted octanol–water partition coefficient (Wildman–Crippen LogP) is 4.61. The third kappa shape index (κ3) is 2.05.